The van der Waals surface area contributed by atoms with E-state index in [4.69, 9.17) is 15.0 Å². The van der Waals surface area contributed by atoms with E-state index in [2.05, 4.69) is 89.5 Å². The van der Waals surface area contributed by atoms with E-state index in [1.54, 1.807) is 0 Å². The second-order valence-corrected chi connectivity index (χ2v) is 11.9. The van der Waals surface area contributed by atoms with Crippen LogP contribution in [0.25, 0.3) is 81.8 Å². The van der Waals surface area contributed by atoms with Gasteiger partial charge in [0.2, 0.25) is 0 Å². The fraction of sp³-hybridized carbons (Fsp3) is 0. The Morgan fingerprint density at radius 1 is 0.432 bits per heavy atom. The van der Waals surface area contributed by atoms with Gasteiger partial charge in [-0.05, 0) is 24.3 Å². The summed E-state index contributed by atoms with van der Waals surface area (Å²) in [6.07, 6.45) is 0. The van der Waals surface area contributed by atoms with Crippen LogP contribution in [0.15, 0.2) is 146 Å². The maximum Gasteiger partial charge on any atom is 0.164 e. The third-order valence-corrected chi connectivity index (χ3v) is 9.46. The van der Waals surface area contributed by atoms with Crippen molar-refractivity contribution in [3.8, 4) is 39.9 Å². The molecule has 0 aliphatic heterocycles. The molecule has 9 aromatic rings. The van der Waals surface area contributed by atoms with E-state index < -0.39 is 0 Å². The van der Waals surface area contributed by atoms with Crippen molar-refractivity contribution in [3.05, 3.63) is 146 Å². The molecule has 9 rings (SSSR count). The zero-order valence-corrected chi connectivity index (χ0v) is 24.4. The van der Waals surface area contributed by atoms with Gasteiger partial charge in [-0.25, -0.2) is 15.0 Å². The summed E-state index contributed by atoms with van der Waals surface area (Å²) >= 11 is 1.82. The van der Waals surface area contributed by atoms with Crippen molar-refractivity contribution in [2.75, 3.05) is 0 Å². The van der Waals surface area contributed by atoms with Gasteiger partial charge < -0.3 is 4.57 Å². The fourth-order valence-electron chi connectivity index (χ4n) is 6.31. The first-order valence-corrected chi connectivity index (χ1v) is 15.5. The van der Waals surface area contributed by atoms with Crippen LogP contribution in [-0.4, -0.2) is 19.5 Å². The first kappa shape index (κ1) is 24.9. The Labute approximate surface area is 257 Å². The van der Waals surface area contributed by atoms with E-state index in [1.165, 1.54) is 47.7 Å². The Kier molecular flexibility index (Phi) is 5.64. The molecule has 0 bridgehead atoms. The Morgan fingerprint density at radius 3 is 1.59 bits per heavy atom. The Balaban J connectivity index is 1.32. The van der Waals surface area contributed by atoms with E-state index in [1.807, 2.05) is 72.0 Å². The van der Waals surface area contributed by atoms with Crippen LogP contribution in [0.5, 0.6) is 0 Å². The Bertz CT molecular complexity index is 2380. The SMILES string of the molecule is c1ccc(-c2nc(-c3ccccc3)nc(-c3cccc4sc5c(-n6c7ccccc7c7ccccc76)cccc5c34)n2)cc1. The van der Waals surface area contributed by atoms with Crippen molar-refractivity contribution >= 4 is 53.3 Å². The van der Waals surface area contributed by atoms with E-state index in [-0.39, 0.29) is 0 Å². The maximum atomic E-state index is 5.07. The molecule has 44 heavy (non-hydrogen) atoms. The normalized spacial score (nSPS) is 11.6. The predicted octanol–water partition coefficient (Wildman–Crippen LogP) is 10.3. The summed E-state index contributed by atoms with van der Waals surface area (Å²) in [5, 5.41) is 4.88. The molecular weight excluding hydrogens is 557 g/mol. The highest BCUT2D eigenvalue weighted by Crippen LogP contribution is 2.43. The minimum Gasteiger partial charge on any atom is -0.308 e. The van der Waals surface area contributed by atoms with Crippen LogP contribution < -0.4 is 0 Å². The van der Waals surface area contributed by atoms with Gasteiger partial charge in [0.1, 0.15) is 0 Å². The highest BCUT2D eigenvalue weighted by atomic mass is 32.1. The molecule has 0 amide bonds. The van der Waals surface area contributed by atoms with E-state index >= 15 is 0 Å². The van der Waals surface area contributed by atoms with E-state index in [9.17, 15) is 0 Å². The molecule has 0 atom stereocenters. The molecule has 0 unspecified atom stereocenters. The number of aromatic nitrogens is 4. The van der Waals surface area contributed by atoms with Gasteiger partial charge in [-0.2, -0.15) is 0 Å². The average Bonchev–Trinajstić information content (AvgIpc) is 3.65. The molecule has 0 saturated heterocycles. The summed E-state index contributed by atoms with van der Waals surface area (Å²) in [5.74, 6) is 2.00. The highest BCUT2D eigenvalue weighted by Gasteiger charge is 2.20. The van der Waals surface area contributed by atoms with E-state index in [0.29, 0.717) is 17.5 Å². The molecule has 4 nitrogen and oxygen atoms in total. The van der Waals surface area contributed by atoms with Crippen molar-refractivity contribution in [1.82, 2.24) is 19.5 Å². The highest BCUT2D eigenvalue weighted by molar-refractivity contribution is 7.26. The number of para-hydroxylation sites is 2. The smallest absolute Gasteiger partial charge is 0.164 e. The van der Waals surface area contributed by atoms with Crippen molar-refractivity contribution in [1.29, 1.82) is 0 Å². The number of benzene rings is 6. The zero-order valence-electron chi connectivity index (χ0n) is 23.6. The molecule has 0 fully saturated rings. The molecule has 206 valence electrons. The van der Waals surface area contributed by atoms with Crippen LogP contribution in [0.4, 0.5) is 0 Å². The molecule has 0 aliphatic rings. The lowest BCUT2D eigenvalue weighted by molar-refractivity contribution is 1.08. The molecule has 0 aliphatic carbocycles. The number of fused-ring (bicyclic) bond motifs is 6. The molecule has 0 radical (unpaired) electrons. The second-order valence-electron chi connectivity index (χ2n) is 10.8. The summed E-state index contributed by atoms with van der Waals surface area (Å²) in [6, 6.07) is 50.7. The standard InChI is InChI=1S/C39H24N4S/c1-3-13-25(14-4-1)37-40-38(26-15-5-2-6-16-26)42-39(41-37)30-20-12-24-34-35(30)29-19-11-23-33(36(29)44-34)43-31-21-9-7-17-27(31)28-18-8-10-22-32(28)43/h1-24H. The molecule has 3 heterocycles. The van der Waals surface area contributed by atoms with Gasteiger partial charge in [-0.3, -0.25) is 0 Å². The van der Waals surface area contributed by atoms with Gasteiger partial charge in [0.15, 0.2) is 17.5 Å². The number of hydrogen-bond donors (Lipinski definition) is 0. The largest absolute Gasteiger partial charge is 0.308 e. The number of thiophene rings is 1. The van der Waals surface area contributed by atoms with Gasteiger partial charge in [0, 0.05) is 42.9 Å². The minimum absolute atomic E-state index is 0.664. The minimum atomic E-state index is 0.664. The summed E-state index contributed by atoms with van der Waals surface area (Å²) in [7, 11) is 0. The summed E-state index contributed by atoms with van der Waals surface area (Å²) in [4.78, 5) is 15.0. The lowest BCUT2D eigenvalue weighted by Gasteiger charge is -2.10. The van der Waals surface area contributed by atoms with Crippen molar-refractivity contribution in [3.63, 3.8) is 0 Å². The number of rotatable bonds is 4. The summed E-state index contributed by atoms with van der Waals surface area (Å²) < 4.78 is 4.85. The maximum absolute atomic E-state index is 5.07. The molecule has 0 N–H and O–H groups in total. The summed E-state index contributed by atoms with van der Waals surface area (Å²) in [6.45, 7) is 0. The molecule has 0 saturated carbocycles. The fourth-order valence-corrected chi connectivity index (χ4v) is 7.54. The monoisotopic (exact) mass is 580 g/mol. The second kappa shape index (κ2) is 9.97. The van der Waals surface area contributed by atoms with Gasteiger partial charge in [-0.1, -0.05) is 121 Å². The molecule has 5 heteroatoms. The third-order valence-electron chi connectivity index (χ3n) is 8.26. The van der Waals surface area contributed by atoms with Gasteiger partial charge >= 0.3 is 0 Å². The van der Waals surface area contributed by atoms with Gasteiger partial charge in [0.05, 0.1) is 21.4 Å². The number of hydrogen-bond acceptors (Lipinski definition) is 4. The van der Waals surface area contributed by atoms with Crippen molar-refractivity contribution in [2.45, 2.75) is 0 Å². The van der Waals surface area contributed by atoms with Crippen LogP contribution in [0.2, 0.25) is 0 Å². The predicted molar refractivity (Wildman–Crippen MR) is 183 cm³/mol. The van der Waals surface area contributed by atoms with Crippen molar-refractivity contribution < 1.29 is 0 Å². The van der Waals surface area contributed by atoms with Crippen LogP contribution in [0, 0.1) is 0 Å². The Morgan fingerprint density at radius 2 is 0.955 bits per heavy atom. The first-order chi connectivity index (χ1) is 21.8. The third kappa shape index (κ3) is 3.87. The van der Waals surface area contributed by atoms with Gasteiger partial charge in [0.25, 0.3) is 0 Å². The molecule has 3 aromatic heterocycles. The van der Waals surface area contributed by atoms with Gasteiger partial charge in [-0.15, -0.1) is 11.3 Å². The topological polar surface area (TPSA) is 43.6 Å². The van der Waals surface area contributed by atoms with Crippen LogP contribution in [0.1, 0.15) is 0 Å². The average molecular weight is 581 g/mol. The first-order valence-electron chi connectivity index (χ1n) is 14.6. The van der Waals surface area contributed by atoms with Crippen molar-refractivity contribution in [2.24, 2.45) is 0 Å². The van der Waals surface area contributed by atoms with E-state index in [0.717, 1.165) is 16.7 Å². The van der Waals surface area contributed by atoms with Crippen LogP contribution in [0.3, 0.4) is 0 Å². The van der Waals surface area contributed by atoms with Crippen LogP contribution in [-0.2, 0) is 0 Å². The lowest BCUT2D eigenvalue weighted by Crippen LogP contribution is -2.00. The van der Waals surface area contributed by atoms with Crippen LogP contribution >= 0.6 is 11.3 Å². The molecule has 6 aromatic carbocycles. The zero-order chi connectivity index (χ0) is 29.0. The quantitative estimate of drug-likeness (QED) is 0.208. The molecular formula is C39H24N4S. The lowest BCUT2D eigenvalue weighted by atomic mass is 10.0. The molecule has 0 spiro atoms. The number of nitrogens with zero attached hydrogens (tertiary/aromatic N) is 4. The Hall–Kier alpha value is -5.65. The summed E-state index contributed by atoms with van der Waals surface area (Å²) in [5.41, 5.74) is 6.52.